The molecule has 0 spiro atoms. The summed E-state index contributed by atoms with van der Waals surface area (Å²) in [6, 6.07) is 5.73. The quantitative estimate of drug-likeness (QED) is 0.301. The molecule has 0 amide bonds. The third kappa shape index (κ3) is 2.71. The zero-order valence-electron chi connectivity index (χ0n) is 8.71. The van der Waals surface area contributed by atoms with Gasteiger partial charge in [-0.15, -0.1) is 0 Å². The predicted molar refractivity (Wildman–Crippen MR) is 59.8 cm³/mol. The lowest BCUT2D eigenvalue weighted by Gasteiger charge is -2.05. The number of benzene rings is 1. The van der Waals surface area contributed by atoms with Gasteiger partial charge in [-0.05, 0) is 24.3 Å². The molecule has 0 fully saturated rings. The Morgan fingerprint density at radius 2 is 2.00 bits per heavy atom. The van der Waals surface area contributed by atoms with Gasteiger partial charge < -0.3 is 10.9 Å². The van der Waals surface area contributed by atoms with Crippen LogP contribution in [-0.4, -0.2) is 26.0 Å². The van der Waals surface area contributed by atoms with E-state index in [1.54, 1.807) is 6.92 Å². The minimum Gasteiger partial charge on any atom is -0.409 e. The fourth-order valence-corrected chi connectivity index (χ4v) is 2.18. The smallest absolute Gasteiger partial charge is 0.240 e. The first-order valence-electron chi connectivity index (χ1n) is 4.59. The fraction of sp³-hybridized carbons (Fsp3) is 0.222. The van der Waals surface area contributed by atoms with Crippen molar-refractivity contribution in [3.8, 4) is 0 Å². The Morgan fingerprint density at radius 1 is 1.44 bits per heavy atom. The van der Waals surface area contributed by atoms with Crippen LogP contribution in [0.1, 0.15) is 12.5 Å². The molecule has 0 aliphatic carbocycles. The van der Waals surface area contributed by atoms with Crippen LogP contribution >= 0.6 is 0 Å². The van der Waals surface area contributed by atoms with E-state index in [0.29, 0.717) is 12.1 Å². The van der Waals surface area contributed by atoms with E-state index in [0.717, 1.165) is 0 Å². The average molecular weight is 243 g/mol. The van der Waals surface area contributed by atoms with Crippen LogP contribution in [0.4, 0.5) is 0 Å². The van der Waals surface area contributed by atoms with Crippen molar-refractivity contribution in [2.75, 3.05) is 6.54 Å². The number of nitrogens with one attached hydrogen (secondary N) is 1. The molecular weight excluding hydrogens is 230 g/mol. The van der Waals surface area contributed by atoms with Gasteiger partial charge >= 0.3 is 0 Å². The van der Waals surface area contributed by atoms with E-state index in [-0.39, 0.29) is 10.7 Å². The number of nitrogens with zero attached hydrogens (tertiary/aromatic N) is 1. The second-order valence-electron chi connectivity index (χ2n) is 3.01. The molecule has 0 aliphatic heterocycles. The van der Waals surface area contributed by atoms with Crippen LogP contribution in [-0.2, 0) is 10.0 Å². The molecule has 6 nitrogen and oxygen atoms in total. The van der Waals surface area contributed by atoms with Crippen molar-refractivity contribution in [1.82, 2.24) is 4.72 Å². The highest BCUT2D eigenvalue weighted by Gasteiger charge is 2.12. The minimum absolute atomic E-state index is 0.0626. The van der Waals surface area contributed by atoms with E-state index in [2.05, 4.69) is 9.88 Å². The topological polar surface area (TPSA) is 105 Å². The Bertz CT molecular complexity index is 479. The van der Waals surface area contributed by atoms with Gasteiger partial charge in [-0.3, -0.25) is 0 Å². The van der Waals surface area contributed by atoms with E-state index >= 15 is 0 Å². The summed E-state index contributed by atoms with van der Waals surface area (Å²) < 4.78 is 25.5. The lowest BCUT2D eigenvalue weighted by atomic mass is 10.2. The van der Waals surface area contributed by atoms with Crippen molar-refractivity contribution in [3.63, 3.8) is 0 Å². The summed E-state index contributed by atoms with van der Waals surface area (Å²) in [5.74, 6) is -0.0626. The predicted octanol–water partition coefficient (Wildman–Crippen LogP) is 0.0793. The fourth-order valence-electron chi connectivity index (χ4n) is 1.14. The highest BCUT2D eigenvalue weighted by molar-refractivity contribution is 7.89. The summed E-state index contributed by atoms with van der Waals surface area (Å²) in [5, 5.41) is 11.3. The second-order valence-corrected chi connectivity index (χ2v) is 4.78. The molecule has 1 aromatic rings. The number of amidine groups is 1. The lowest BCUT2D eigenvalue weighted by Crippen LogP contribution is -2.23. The molecule has 16 heavy (non-hydrogen) atoms. The molecule has 0 aromatic heterocycles. The zero-order valence-corrected chi connectivity index (χ0v) is 9.53. The molecule has 4 N–H and O–H groups in total. The highest BCUT2D eigenvalue weighted by Crippen LogP contribution is 2.10. The van der Waals surface area contributed by atoms with Gasteiger partial charge in [-0.25, -0.2) is 13.1 Å². The van der Waals surface area contributed by atoms with Crippen LogP contribution in [0.15, 0.2) is 34.3 Å². The maximum Gasteiger partial charge on any atom is 0.240 e. The molecule has 0 saturated carbocycles. The molecular formula is C9H13N3O3S. The molecule has 88 valence electrons. The first kappa shape index (κ1) is 12.5. The standard InChI is InChI=1S/C9H13N3O3S/c1-2-11-16(14,15)8-5-3-7(4-6-8)9(10)12-13/h3-6,11,13H,2H2,1H3,(H2,10,12). The van der Waals surface area contributed by atoms with Crippen LogP contribution in [0.25, 0.3) is 0 Å². The summed E-state index contributed by atoms with van der Waals surface area (Å²) in [6.07, 6.45) is 0. The normalized spacial score (nSPS) is 12.7. The van der Waals surface area contributed by atoms with Crippen LogP contribution in [0, 0.1) is 0 Å². The van der Waals surface area contributed by atoms with E-state index in [1.165, 1.54) is 24.3 Å². The molecule has 1 aromatic carbocycles. The van der Waals surface area contributed by atoms with Gasteiger partial charge in [-0.2, -0.15) is 0 Å². The van der Waals surface area contributed by atoms with E-state index < -0.39 is 10.0 Å². The van der Waals surface area contributed by atoms with Gasteiger partial charge in [0.2, 0.25) is 10.0 Å². The maximum absolute atomic E-state index is 11.6. The van der Waals surface area contributed by atoms with E-state index in [4.69, 9.17) is 10.9 Å². The number of sulfonamides is 1. The zero-order chi connectivity index (χ0) is 12.2. The molecule has 0 bridgehead atoms. The maximum atomic E-state index is 11.6. The lowest BCUT2D eigenvalue weighted by molar-refractivity contribution is 0.318. The number of nitrogens with two attached hydrogens (primary N) is 1. The molecule has 0 heterocycles. The third-order valence-electron chi connectivity index (χ3n) is 1.90. The highest BCUT2D eigenvalue weighted by atomic mass is 32.2. The first-order chi connectivity index (χ1) is 7.51. The van der Waals surface area contributed by atoms with Crippen LogP contribution in [0.5, 0.6) is 0 Å². The largest absolute Gasteiger partial charge is 0.409 e. The second kappa shape index (κ2) is 4.95. The summed E-state index contributed by atoms with van der Waals surface area (Å²) in [5.41, 5.74) is 5.80. The Kier molecular flexibility index (Phi) is 3.86. The summed E-state index contributed by atoms with van der Waals surface area (Å²) in [7, 11) is -3.45. The van der Waals surface area contributed by atoms with E-state index in [1.807, 2.05) is 0 Å². The Balaban J connectivity index is 3.04. The van der Waals surface area contributed by atoms with Crippen molar-refractivity contribution in [2.24, 2.45) is 10.9 Å². The monoisotopic (exact) mass is 243 g/mol. The van der Waals surface area contributed by atoms with Crippen molar-refractivity contribution >= 4 is 15.9 Å². The molecule has 0 atom stereocenters. The third-order valence-corrected chi connectivity index (χ3v) is 3.46. The van der Waals surface area contributed by atoms with Gasteiger partial charge in [0.1, 0.15) is 0 Å². The number of oxime groups is 1. The summed E-state index contributed by atoms with van der Waals surface area (Å²) >= 11 is 0. The summed E-state index contributed by atoms with van der Waals surface area (Å²) in [4.78, 5) is 0.142. The number of hydrogen-bond acceptors (Lipinski definition) is 4. The Labute approximate surface area is 93.8 Å². The summed E-state index contributed by atoms with van der Waals surface area (Å²) in [6.45, 7) is 2.02. The number of hydrogen-bond donors (Lipinski definition) is 3. The molecule has 1 rings (SSSR count). The Hall–Kier alpha value is -1.60. The van der Waals surface area contributed by atoms with Crippen LogP contribution < -0.4 is 10.5 Å². The molecule has 0 radical (unpaired) electrons. The SMILES string of the molecule is CCNS(=O)(=O)c1ccc(C(N)=NO)cc1. The molecule has 0 unspecified atom stereocenters. The average Bonchev–Trinajstić information content (AvgIpc) is 2.28. The van der Waals surface area contributed by atoms with Gasteiger partial charge in [0, 0.05) is 12.1 Å². The molecule has 7 heteroatoms. The van der Waals surface area contributed by atoms with Crippen LogP contribution in [0.3, 0.4) is 0 Å². The van der Waals surface area contributed by atoms with Gasteiger partial charge in [0.15, 0.2) is 5.84 Å². The van der Waals surface area contributed by atoms with Crippen molar-refractivity contribution < 1.29 is 13.6 Å². The van der Waals surface area contributed by atoms with Crippen molar-refractivity contribution in [2.45, 2.75) is 11.8 Å². The van der Waals surface area contributed by atoms with Crippen LogP contribution in [0.2, 0.25) is 0 Å². The first-order valence-corrected chi connectivity index (χ1v) is 6.07. The molecule has 0 aliphatic rings. The van der Waals surface area contributed by atoms with Gasteiger partial charge in [0.05, 0.1) is 4.90 Å². The van der Waals surface area contributed by atoms with Crippen molar-refractivity contribution in [3.05, 3.63) is 29.8 Å². The van der Waals surface area contributed by atoms with Crippen molar-refractivity contribution in [1.29, 1.82) is 0 Å². The Morgan fingerprint density at radius 3 is 2.44 bits per heavy atom. The van der Waals surface area contributed by atoms with Gasteiger partial charge in [0.25, 0.3) is 0 Å². The number of rotatable bonds is 4. The van der Waals surface area contributed by atoms with Gasteiger partial charge in [-0.1, -0.05) is 12.1 Å². The minimum atomic E-state index is -3.45. The molecule has 0 saturated heterocycles. The van der Waals surface area contributed by atoms with E-state index in [9.17, 15) is 8.42 Å².